The van der Waals surface area contributed by atoms with Crippen molar-refractivity contribution in [2.75, 3.05) is 0 Å². The Morgan fingerprint density at radius 2 is 2.29 bits per heavy atom. The minimum absolute atomic E-state index is 0.686. The maximum absolute atomic E-state index is 8.71. The van der Waals surface area contributed by atoms with Gasteiger partial charge in [0.1, 0.15) is 0 Å². The summed E-state index contributed by atoms with van der Waals surface area (Å²) in [4.78, 5) is 3.98. The molecule has 1 aromatic carbocycles. The van der Waals surface area contributed by atoms with Crippen LogP contribution in [-0.2, 0) is 0 Å². The normalized spacial score (nSPS) is 9.71. The predicted molar refractivity (Wildman–Crippen MR) is 53.0 cm³/mol. The predicted octanol–water partition coefficient (Wildman–Crippen LogP) is 2.05. The molecule has 0 amide bonds. The second-order valence-corrected chi connectivity index (χ2v) is 3.08. The Morgan fingerprint density at radius 1 is 1.43 bits per heavy atom. The van der Waals surface area contributed by atoms with Crippen molar-refractivity contribution in [3.8, 4) is 11.8 Å². The van der Waals surface area contributed by atoms with Crippen LogP contribution in [0.25, 0.3) is 5.69 Å². The highest BCUT2D eigenvalue weighted by Crippen LogP contribution is 2.14. The molecule has 0 atom stereocenters. The van der Waals surface area contributed by atoms with Crippen LogP contribution in [0, 0.1) is 18.3 Å². The number of aromatic nitrogens is 2. The Kier molecular flexibility index (Phi) is 2.04. The molecule has 3 nitrogen and oxygen atoms in total. The summed E-state index contributed by atoms with van der Waals surface area (Å²) in [5, 5.41) is 8.71. The van der Waals surface area contributed by atoms with Crippen LogP contribution in [0.1, 0.15) is 11.1 Å². The van der Waals surface area contributed by atoms with Gasteiger partial charge in [0.25, 0.3) is 0 Å². The maximum atomic E-state index is 8.71. The number of benzene rings is 1. The minimum atomic E-state index is 0.686. The highest BCUT2D eigenvalue weighted by atomic mass is 15.0. The van der Waals surface area contributed by atoms with Gasteiger partial charge in [0.2, 0.25) is 0 Å². The Morgan fingerprint density at radius 3 is 2.86 bits per heavy atom. The number of hydrogen-bond acceptors (Lipinski definition) is 2. The van der Waals surface area contributed by atoms with E-state index >= 15 is 0 Å². The number of nitriles is 1. The van der Waals surface area contributed by atoms with Crippen molar-refractivity contribution in [1.29, 1.82) is 5.26 Å². The highest BCUT2D eigenvalue weighted by molar-refractivity contribution is 5.45. The summed E-state index contributed by atoms with van der Waals surface area (Å²) in [5.74, 6) is 0. The molecule has 0 bridgehead atoms. The van der Waals surface area contributed by atoms with Crippen molar-refractivity contribution in [2.24, 2.45) is 0 Å². The van der Waals surface area contributed by atoms with E-state index in [4.69, 9.17) is 5.26 Å². The van der Waals surface area contributed by atoms with Gasteiger partial charge in [-0.05, 0) is 30.7 Å². The smallest absolute Gasteiger partial charge is 0.0991 e. The monoisotopic (exact) mass is 183 g/mol. The number of hydrogen-bond donors (Lipinski definition) is 0. The van der Waals surface area contributed by atoms with Gasteiger partial charge in [0, 0.05) is 18.1 Å². The van der Waals surface area contributed by atoms with Gasteiger partial charge >= 0.3 is 0 Å². The van der Waals surface area contributed by atoms with Crippen LogP contribution in [0.2, 0.25) is 0 Å². The molecule has 1 aromatic heterocycles. The lowest BCUT2D eigenvalue weighted by atomic mass is 10.1. The first-order valence-electron chi connectivity index (χ1n) is 4.30. The van der Waals surface area contributed by atoms with Crippen molar-refractivity contribution < 1.29 is 0 Å². The zero-order chi connectivity index (χ0) is 9.97. The number of nitrogens with zero attached hydrogens (tertiary/aromatic N) is 3. The van der Waals surface area contributed by atoms with Crippen LogP contribution in [-0.4, -0.2) is 9.55 Å². The standard InChI is InChI=1S/C11H9N3/c1-9-6-10(7-12)2-3-11(9)14-5-4-13-8-14/h2-6,8H,1H3. The summed E-state index contributed by atoms with van der Waals surface area (Å²) in [6.07, 6.45) is 5.36. The lowest BCUT2D eigenvalue weighted by molar-refractivity contribution is 1.04. The van der Waals surface area contributed by atoms with Gasteiger partial charge in [-0.25, -0.2) is 4.98 Å². The Hall–Kier alpha value is -2.08. The summed E-state index contributed by atoms with van der Waals surface area (Å²) in [7, 11) is 0. The molecule has 0 radical (unpaired) electrons. The van der Waals surface area contributed by atoms with E-state index < -0.39 is 0 Å². The molecule has 0 fully saturated rings. The van der Waals surface area contributed by atoms with Crippen LogP contribution in [0.15, 0.2) is 36.9 Å². The third-order valence-electron chi connectivity index (χ3n) is 2.11. The zero-order valence-corrected chi connectivity index (χ0v) is 7.81. The molecule has 68 valence electrons. The van der Waals surface area contributed by atoms with Gasteiger partial charge < -0.3 is 4.57 Å². The summed E-state index contributed by atoms with van der Waals surface area (Å²) < 4.78 is 1.93. The largest absolute Gasteiger partial charge is 0.306 e. The van der Waals surface area contributed by atoms with Crippen molar-refractivity contribution in [3.05, 3.63) is 48.0 Å². The van der Waals surface area contributed by atoms with Crippen molar-refractivity contribution in [1.82, 2.24) is 9.55 Å². The van der Waals surface area contributed by atoms with E-state index in [1.807, 2.05) is 35.9 Å². The van der Waals surface area contributed by atoms with Crippen LogP contribution in [0.4, 0.5) is 0 Å². The van der Waals surface area contributed by atoms with E-state index in [2.05, 4.69) is 11.1 Å². The fourth-order valence-corrected chi connectivity index (χ4v) is 1.42. The summed E-state index contributed by atoms with van der Waals surface area (Å²) in [6.45, 7) is 1.98. The number of imidazole rings is 1. The molecular formula is C11H9N3. The third kappa shape index (κ3) is 1.38. The maximum Gasteiger partial charge on any atom is 0.0991 e. The average Bonchev–Trinajstić information content (AvgIpc) is 2.70. The fourth-order valence-electron chi connectivity index (χ4n) is 1.42. The van der Waals surface area contributed by atoms with Crippen LogP contribution in [0.3, 0.4) is 0 Å². The lowest BCUT2D eigenvalue weighted by Gasteiger charge is -2.05. The molecule has 3 heteroatoms. The Labute approximate surface area is 82.2 Å². The van der Waals surface area contributed by atoms with Crippen LogP contribution in [0.5, 0.6) is 0 Å². The quantitative estimate of drug-likeness (QED) is 0.679. The Balaban J connectivity index is 2.52. The Bertz CT molecular complexity index is 478. The minimum Gasteiger partial charge on any atom is -0.306 e. The van der Waals surface area contributed by atoms with Gasteiger partial charge in [-0.15, -0.1) is 0 Å². The molecule has 0 unspecified atom stereocenters. The molecule has 0 aliphatic heterocycles. The molecule has 0 N–H and O–H groups in total. The number of rotatable bonds is 1. The van der Waals surface area contributed by atoms with E-state index in [9.17, 15) is 0 Å². The lowest BCUT2D eigenvalue weighted by Crippen LogP contribution is -1.93. The second kappa shape index (κ2) is 3.35. The first-order valence-corrected chi connectivity index (χ1v) is 4.30. The van der Waals surface area contributed by atoms with Crippen molar-refractivity contribution in [3.63, 3.8) is 0 Å². The summed E-state index contributed by atoms with van der Waals surface area (Å²) in [5.41, 5.74) is 2.81. The number of aryl methyl sites for hydroxylation is 1. The SMILES string of the molecule is Cc1cc(C#N)ccc1-n1ccnc1. The van der Waals surface area contributed by atoms with E-state index in [0.717, 1.165) is 11.3 Å². The van der Waals surface area contributed by atoms with Gasteiger partial charge in [0.15, 0.2) is 0 Å². The molecule has 0 aliphatic rings. The van der Waals surface area contributed by atoms with E-state index in [-0.39, 0.29) is 0 Å². The van der Waals surface area contributed by atoms with E-state index in [1.54, 1.807) is 12.5 Å². The van der Waals surface area contributed by atoms with E-state index in [1.165, 1.54) is 0 Å². The van der Waals surface area contributed by atoms with Gasteiger partial charge in [-0.1, -0.05) is 0 Å². The van der Waals surface area contributed by atoms with Gasteiger partial charge in [-0.2, -0.15) is 5.26 Å². The van der Waals surface area contributed by atoms with Crippen molar-refractivity contribution in [2.45, 2.75) is 6.92 Å². The van der Waals surface area contributed by atoms with Gasteiger partial charge in [0.05, 0.1) is 18.0 Å². The second-order valence-electron chi connectivity index (χ2n) is 3.08. The zero-order valence-electron chi connectivity index (χ0n) is 7.81. The fraction of sp³-hybridized carbons (Fsp3) is 0.0909. The van der Waals surface area contributed by atoms with Gasteiger partial charge in [-0.3, -0.25) is 0 Å². The molecule has 0 aliphatic carbocycles. The molecule has 0 saturated heterocycles. The molecule has 14 heavy (non-hydrogen) atoms. The first-order chi connectivity index (χ1) is 6.81. The summed E-state index contributed by atoms with van der Waals surface area (Å²) in [6, 6.07) is 7.72. The molecule has 0 saturated carbocycles. The molecule has 0 spiro atoms. The van der Waals surface area contributed by atoms with Crippen molar-refractivity contribution >= 4 is 0 Å². The van der Waals surface area contributed by atoms with E-state index in [0.29, 0.717) is 5.56 Å². The topological polar surface area (TPSA) is 41.6 Å². The summed E-state index contributed by atoms with van der Waals surface area (Å²) >= 11 is 0. The molecule has 2 aromatic rings. The molecular weight excluding hydrogens is 174 g/mol. The average molecular weight is 183 g/mol. The van der Waals surface area contributed by atoms with Crippen LogP contribution < -0.4 is 0 Å². The van der Waals surface area contributed by atoms with Crippen LogP contribution >= 0.6 is 0 Å². The molecule has 2 rings (SSSR count). The third-order valence-corrected chi connectivity index (χ3v) is 2.11. The first kappa shape index (κ1) is 8.52. The molecule has 1 heterocycles. The highest BCUT2D eigenvalue weighted by Gasteiger charge is 2.00.